The highest BCUT2D eigenvalue weighted by Crippen LogP contribution is 2.38. The topological polar surface area (TPSA) is 50.5 Å². The molecule has 2 aromatic heterocycles. The molecule has 2 aromatic rings. The number of hydrogen-bond acceptors (Lipinski definition) is 5. The molecule has 2 fully saturated rings. The zero-order valence-electron chi connectivity index (χ0n) is 12.3. The Morgan fingerprint density at radius 2 is 2.05 bits per heavy atom. The maximum Gasteiger partial charge on any atom is 0.275 e. The van der Waals surface area contributed by atoms with Crippen molar-refractivity contribution in [2.75, 3.05) is 18.0 Å². The Balaban J connectivity index is 1.64. The lowest BCUT2D eigenvalue weighted by Crippen LogP contribution is -2.41. The van der Waals surface area contributed by atoms with Crippen LogP contribution in [0.3, 0.4) is 0 Å². The molecule has 3 heterocycles. The molecule has 2 atom stereocenters. The van der Waals surface area contributed by atoms with Crippen molar-refractivity contribution in [2.24, 2.45) is 11.8 Å². The molecule has 2 aliphatic rings. The van der Waals surface area contributed by atoms with Crippen LogP contribution < -0.4 is 10.5 Å². The largest absolute Gasteiger partial charge is 0.346 e. The molecule has 1 aliphatic heterocycles. The molecule has 1 aliphatic carbocycles. The first kappa shape index (κ1) is 13.2. The molecule has 0 N–H and O–H groups in total. The summed E-state index contributed by atoms with van der Waals surface area (Å²) < 4.78 is 1.44. The van der Waals surface area contributed by atoms with Crippen LogP contribution in [0, 0.1) is 18.8 Å². The minimum Gasteiger partial charge on any atom is -0.346 e. The molecule has 1 saturated carbocycles. The highest BCUT2D eigenvalue weighted by Gasteiger charge is 2.32. The van der Waals surface area contributed by atoms with Crippen molar-refractivity contribution < 1.29 is 0 Å². The van der Waals surface area contributed by atoms with Gasteiger partial charge in [0.15, 0.2) is 0 Å². The Labute approximate surface area is 127 Å². The summed E-state index contributed by atoms with van der Waals surface area (Å²) in [5, 5.41) is 5.45. The second-order valence-electron chi connectivity index (χ2n) is 6.35. The van der Waals surface area contributed by atoms with Gasteiger partial charge >= 0.3 is 0 Å². The first-order valence-corrected chi connectivity index (χ1v) is 8.65. The average Bonchev–Trinajstić information content (AvgIpc) is 2.91. The third kappa shape index (κ3) is 2.35. The van der Waals surface area contributed by atoms with E-state index in [1.54, 1.807) is 6.07 Å². The lowest BCUT2D eigenvalue weighted by Gasteiger charge is -2.41. The summed E-state index contributed by atoms with van der Waals surface area (Å²) >= 11 is 1.54. The Kier molecular flexibility index (Phi) is 3.21. The molecule has 21 heavy (non-hydrogen) atoms. The minimum atomic E-state index is -0.0763. The van der Waals surface area contributed by atoms with E-state index >= 15 is 0 Å². The van der Waals surface area contributed by atoms with Crippen LogP contribution in [0.25, 0.3) is 4.96 Å². The summed E-state index contributed by atoms with van der Waals surface area (Å²) in [6.45, 7) is 4.02. The molecule has 6 heteroatoms. The molecule has 0 radical (unpaired) electrons. The van der Waals surface area contributed by atoms with Gasteiger partial charge in [-0.1, -0.05) is 30.6 Å². The molecule has 0 amide bonds. The number of hydrogen-bond donors (Lipinski definition) is 0. The summed E-state index contributed by atoms with van der Waals surface area (Å²) in [5.41, 5.74) is 0.689. The lowest BCUT2D eigenvalue weighted by atomic mass is 9.75. The predicted octanol–water partition coefficient (Wildman–Crippen LogP) is 2.48. The van der Waals surface area contributed by atoms with Gasteiger partial charge in [0.2, 0.25) is 10.1 Å². The monoisotopic (exact) mass is 304 g/mol. The Bertz CT molecular complexity index is 722. The molecule has 0 aromatic carbocycles. The van der Waals surface area contributed by atoms with Gasteiger partial charge in [0.1, 0.15) is 0 Å². The predicted molar refractivity (Wildman–Crippen MR) is 84.1 cm³/mol. The third-order valence-electron chi connectivity index (χ3n) is 4.92. The van der Waals surface area contributed by atoms with Gasteiger partial charge in [-0.2, -0.15) is 4.52 Å². The van der Waals surface area contributed by atoms with Crippen LogP contribution in [0.4, 0.5) is 5.13 Å². The van der Waals surface area contributed by atoms with Crippen molar-refractivity contribution in [3.05, 3.63) is 22.1 Å². The van der Waals surface area contributed by atoms with Crippen LogP contribution in [0.1, 0.15) is 37.8 Å². The molecule has 112 valence electrons. The zero-order valence-corrected chi connectivity index (χ0v) is 13.1. The van der Waals surface area contributed by atoms with Crippen LogP contribution in [0.2, 0.25) is 0 Å². The molecule has 5 nitrogen and oxygen atoms in total. The SMILES string of the molecule is Cc1cc(=O)n2nc(N3CC[C@@H]4CCCC[C@@H]4C3)sc2n1. The maximum absolute atomic E-state index is 12.0. The van der Waals surface area contributed by atoms with Crippen LogP contribution >= 0.6 is 11.3 Å². The van der Waals surface area contributed by atoms with E-state index in [0.717, 1.165) is 35.8 Å². The fourth-order valence-corrected chi connectivity index (χ4v) is 4.80. The first-order valence-electron chi connectivity index (χ1n) is 7.83. The highest BCUT2D eigenvalue weighted by molar-refractivity contribution is 7.20. The maximum atomic E-state index is 12.0. The average molecular weight is 304 g/mol. The number of rotatable bonds is 1. The second-order valence-corrected chi connectivity index (χ2v) is 7.29. The summed E-state index contributed by atoms with van der Waals surface area (Å²) in [4.78, 5) is 19.5. The van der Waals surface area contributed by atoms with Gasteiger partial charge in [0, 0.05) is 24.8 Å². The van der Waals surface area contributed by atoms with Gasteiger partial charge in [-0.25, -0.2) is 4.98 Å². The van der Waals surface area contributed by atoms with Gasteiger partial charge in [-0.3, -0.25) is 4.79 Å². The van der Waals surface area contributed by atoms with Gasteiger partial charge < -0.3 is 4.90 Å². The molecular formula is C15H20N4OS. The van der Waals surface area contributed by atoms with Gasteiger partial charge in [0.25, 0.3) is 5.56 Å². The lowest BCUT2D eigenvalue weighted by molar-refractivity contribution is 0.202. The van der Waals surface area contributed by atoms with Gasteiger partial charge in [-0.15, -0.1) is 5.10 Å². The van der Waals surface area contributed by atoms with Crippen molar-refractivity contribution in [1.29, 1.82) is 0 Å². The van der Waals surface area contributed by atoms with E-state index < -0.39 is 0 Å². The van der Waals surface area contributed by atoms with Crippen molar-refractivity contribution in [3.8, 4) is 0 Å². The number of aryl methyl sites for hydroxylation is 1. The number of piperidine rings is 1. The Hall–Kier alpha value is -1.43. The molecule has 1 saturated heterocycles. The number of nitrogens with zero attached hydrogens (tertiary/aromatic N) is 4. The van der Waals surface area contributed by atoms with E-state index in [0.29, 0.717) is 4.96 Å². The fourth-order valence-electron chi connectivity index (χ4n) is 3.81. The second kappa shape index (κ2) is 5.09. The van der Waals surface area contributed by atoms with E-state index in [-0.39, 0.29) is 5.56 Å². The molecule has 0 bridgehead atoms. The van der Waals surface area contributed by atoms with E-state index in [1.807, 2.05) is 6.92 Å². The number of fused-ring (bicyclic) bond motifs is 2. The number of anilines is 1. The van der Waals surface area contributed by atoms with Crippen molar-refractivity contribution >= 4 is 21.4 Å². The zero-order chi connectivity index (χ0) is 14.4. The minimum absolute atomic E-state index is 0.0763. The summed E-state index contributed by atoms with van der Waals surface area (Å²) in [6.07, 6.45) is 6.79. The van der Waals surface area contributed by atoms with Crippen LogP contribution in [-0.2, 0) is 0 Å². The summed E-state index contributed by atoms with van der Waals surface area (Å²) in [6, 6.07) is 1.55. The molecule has 4 rings (SSSR count). The normalized spacial score (nSPS) is 26.0. The van der Waals surface area contributed by atoms with Crippen LogP contribution in [0.15, 0.2) is 10.9 Å². The molecular weight excluding hydrogens is 284 g/mol. The number of aromatic nitrogens is 3. The molecule has 0 spiro atoms. The van der Waals surface area contributed by atoms with Gasteiger partial charge in [0.05, 0.1) is 0 Å². The van der Waals surface area contributed by atoms with Crippen molar-refractivity contribution in [2.45, 2.75) is 39.0 Å². The third-order valence-corrected chi connectivity index (χ3v) is 5.89. The smallest absolute Gasteiger partial charge is 0.275 e. The quantitative estimate of drug-likeness (QED) is 0.812. The van der Waals surface area contributed by atoms with Gasteiger partial charge in [-0.05, 0) is 31.6 Å². The fraction of sp³-hybridized carbons (Fsp3) is 0.667. The summed E-state index contributed by atoms with van der Waals surface area (Å²) in [5.74, 6) is 1.72. The molecule has 0 unspecified atom stereocenters. The Morgan fingerprint density at radius 1 is 1.24 bits per heavy atom. The van der Waals surface area contributed by atoms with Crippen molar-refractivity contribution in [3.63, 3.8) is 0 Å². The standard InChI is InChI=1S/C15H20N4OS/c1-10-8-13(20)19-14(16-10)21-15(17-19)18-7-6-11-4-2-3-5-12(11)9-18/h8,11-12H,2-7,9H2,1H3/t11-,12+/m0/s1. The highest BCUT2D eigenvalue weighted by atomic mass is 32.1. The van der Waals surface area contributed by atoms with E-state index in [2.05, 4.69) is 15.0 Å². The van der Waals surface area contributed by atoms with Crippen molar-refractivity contribution in [1.82, 2.24) is 14.6 Å². The van der Waals surface area contributed by atoms with E-state index in [4.69, 9.17) is 0 Å². The van der Waals surface area contributed by atoms with Crippen LogP contribution in [0.5, 0.6) is 0 Å². The van der Waals surface area contributed by atoms with E-state index in [9.17, 15) is 4.79 Å². The Morgan fingerprint density at radius 3 is 2.90 bits per heavy atom. The van der Waals surface area contributed by atoms with Crippen LogP contribution in [-0.4, -0.2) is 27.7 Å². The first-order chi connectivity index (χ1) is 10.2. The summed E-state index contributed by atoms with van der Waals surface area (Å²) in [7, 11) is 0. The van der Waals surface area contributed by atoms with E-state index in [1.165, 1.54) is 48.0 Å².